The van der Waals surface area contributed by atoms with Gasteiger partial charge in [-0.1, -0.05) is 30.5 Å². The summed E-state index contributed by atoms with van der Waals surface area (Å²) in [6.45, 7) is 0. The summed E-state index contributed by atoms with van der Waals surface area (Å²) < 4.78 is 5.32. The Kier molecular flexibility index (Phi) is 3.48. The van der Waals surface area contributed by atoms with Crippen molar-refractivity contribution in [1.82, 2.24) is 0 Å². The monoisotopic (exact) mass is 279 g/mol. The van der Waals surface area contributed by atoms with Crippen molar-refractivity contribution in [3.05, 3.63) is 28.8 Å². The highest BCUT2D eigenvalue weighted by atomic mass is 35.5. The first-order valence-corrected chi connectivity index (χ1v) is 7.63. The number of rotatable bonds is 3. The molecular formula is C16H22ClNO. The van der Waals surface area contributed by atoms with Crippen LogP contribution in [-0.4, -0.2) is 7.11 Å². The lowest BCUT2D eigenvalue weighted by atomic mass is 9.71. The number of benzene rings is 1. The van der Waals surface area contributed by atoms with E-state index in [0.717, 1.165) is 30.4 Å². The van der Waals surface area contributed by atoms with E-state index in [1.54, 1.807) is 7.11 Å². The second-order valence-electron chi connectivity index (χ2n) is 6.20. The van der Waals surface area contributed by atoms with E-state index in [0.29, 0.717) is 5.02 Å². The van der Waals surface area contributed by atoms with E-state index < -0.39 is 0 Å². The lowest BCUT2D eigenvalue weighted by Gasteiger charge is -2.39. The summed E-state index contributed by atoms with van der Waals surface area (Å²) in [6.07, 6.45) is 7.59. The molecule has 1 aromatic carbocycles. The lowest BCUT2D eigenvalue weighted by Crippen LogP contribution is -2.41. The molecule has 2 saturated carbocycles. The van der Waals surface area contributed by atoms with Gasteiger partial charge in [0.1, 0.15) is 5.75 Å². The van der Waals surface area contributed by atoms with Crippen molar-refractivity contribution in [3.63, 3.8) is 0 Å². The van der Waals surface area contributed by atoms with Gasteiger partial charge in [0.15, 0.2) is 0 Å². The van der Waals surface area contributed by atoms with Gasteiger partial charge >= 0.3 is 0 Å². The van der Waals surface area contributed by atoms with Crippen LogP contribution in [0.3, 0.4) is 0 Å². The van der Waals surface area contributed by atoms with Crippen molar-refractivity contribution < 1.29 is 4.74 Å². The van der Waals surface area contributed by atoms with Gasteiger partial charge in [0.25, 0.3) is 0 Å². The van der Waals surface area contributed by atoms with Crippen LogP contribution in [-0.2, 0) is 5.54 Å². The van der Waals surface area contributed by atoms with Gasteiger partial charge in [0, 0.05) is 5.54 Å². The number of ether oxygens (including phenoxy) is 1. The standard InChI is InChI=1S/C16H22ClNO/c1-19-15-9-13(6-7-14(15)17)16(18)8-2-3-12(10-16)11-4-5-11/h6-7,9,11-12H,2-5,8,10,18H2,1H3. The van der Waals surface area contributed by atoms with Crippen LogP contribution in [0.15, 0.2) is 18.2 Å². The molecule has 0 spiro atoms. The summed E-state index contributed by atoms with van der Waals surface area (Å²) >= 11 is 6.10. The predicted octanol–water partition coefficient (Wildman–Crippen LogP) is 4.10. The van der Waals surface area contributed by atoms with E-state index in [4.69, 9.17) is 22.1 Å². The molecule has 2 N–H and O–H groups in total. The van der Waals surface area contributed by atoms with Crippen molar-refractivity contribution in [2.75, 3.05) is 7.11 Å². The Morgan fingerprint density at radius 3 is 2.74 bits per heavy atom. The first-order valence-electron chi connectivity index (χ1n) is 7.25. The maximum atomic E-state index is 6.71. The minimum absolute atomic E-state index is 0.191. The highest BCUT2D eigenvalue weighted by Gasteiger charge is 2.40. The van der Waals surface area contributed by atoms with Crippen molar-refractivity contribution in [2.24, 2.45) is 17.6 Å². The van der Waals surface area contributed by atoms with Gasteiger partial charge in [-0.2, -0.15) is 0 Å². The van der Waals surface area contributed by atoms with Crippen molar-refractivity contribution in [1.29, 1.82) is 0 Å². The van der Waals surface area contributed by atoms with Gasteiger partial charge in [-0.05, 0) is 55.2 Å². The molecule has 19 heavy (non-hydrogen) atoms. The molecule has 0 aliphatic heterocycles. The largest absolute Gasteiger partial charge is 0.495 e. The number of nitrogens with two attached hydrogens (primary N) is 1. The molecular weight excluding hydrogens is 258 g/mol. The number of hydrogen-bond donors (Lipinski definition) is 1. The minimum Gasteiger partial charge on any atom is -0.495 e. The zero-order chi connectivity index (χ0) is 13.5. The van der Waals surface area contributed by atoms with Crippen LogP contribution in [0.25, 0.3) is 0 Å². The van der Waals surface area contributed by atoms with Crippen molar-refractivity contribution >= 4 is 11.6 Å². The SMILES string of the molecule is COc1cc(C2(N)CCCC(C3CC3)C2)ccc1Cl. The molecule has 0 radical (unpaired) electrons. The summed E-state index contributed by atoms with van der Waals surface area (Å²) in [5.74, 6) is 2.50. The average molecular weight is 280 g/mol. The molecule has 3 heteroatoms. The maximum absolute atomic E-state index is 6.71. The summed E-state index contributed by atoms with van der Waals surface area (Å²) in [5.41, 5.74) is 7.70. The first-order chi connectivity index (χ1) is 9.12. The van der Waals surface area contributed by atoms with Crippen LogP contribution in [0.1, 0.15) is 44.1 Å². The van der Waals surface area contributed by atoms with Crippen LogP contribution in [0.4, 0.5) is 0 Å². The predicted molar refractivity (Wildman–Crippen MR) is 78.6 cm³/mol. The third kappa shape index (κ3) is 2.61. The highest BCUT2D eigenvalue weighted by molar-refractivity contribution is 6.32. The zero-order valence-corrected chi connectivity index (χ0v) is 12.2. The molecule has 2 nitrogen and oxygen atoms in total. The molecule has 2 aliphatic rings. The molecule has 1 aromatic rings. The fraction of sp³-hybridized carbons (Fsp3) is 0.625. The van der Waals surface area contributed by atoms with Crippen LogP contribution in [0, 0.1) is 11.8 Å². The van der Waals surface area contributed by atoms with E-state index in [-0.39, 0.29) is 5.54 Å². The van der Waals surface area contributed by atoms with E-state index >= 15 is 0 Å². The number of methoxy groups -OCH3 is 1. The summed E-state index contributed by atoms with van der Waals surface area (Å²) in [4.78, 5) is 0. The van der Waals surface area contributed by atoms with Gasteiger partial charge in [-0.3, -0.25) is 0 Å². The fourth-order valence-electron chi connectivity index (χ4n) is 3.55. The quantitative estimate of drug-likeness (QED) is 0.904. The molecule has 3 rings (SSSR count). The van der Waals surface area contributed by atoms with Crippen LogP contribution >= 0.6 is 11.6 Å². The Hall–Kier alpha value is -0.730. The van der Waals surface area contributed by atoms with E-state index in [9.17, 15) is 0 Å². The van der Waals surface area contributed by atoms with E-state index in [2.05, 4.69) is 6.07 Å². The molecule has 2 fully saturated rings. The third-order valence-electron chi connectivity index (χ3n) is 4.84. The molecule has 0 aromatic heterocycles. The third-order valence-corrected chi connectivity index (χ3v) is 5.15. The van der Waals surface area contributed by atoms with Crippen molar-refractivity contribution in [2.45, 2.75) is 44.1 Å². The van der Waals surface area contributed by atoms with Gasteiger partial charge in [0.2, 0.25) is 0 Å². The number of halogens is 1. The summed E-state index contributed by atoms with van der Waals surface area (Å²) in [6, 6.07) is 6.00. The van der Waals surface area contributed by atoms with Gasteiger partial charge in [-0.25, -0.2) is 0 Å². The van der Waals surface area contributed by atoms with Gasteiger partial charge in [0.05, 0.1) is 12.1 Å². The lowest BCUT2D eigenvalue weighted by molar-refractivity contribution is 0.206. The van der Waals surface area contributed by atoms with E-state index in [1.165, 1.54) is 31.2 Å². The Morgan fingerprint density at radius 1 is 1.26 bits per heavy atom. The smallest absolute Gasteiger partial charge is 0.137 e. The molecule has 0 heterocycles. The highest BCUT2D eigenvalue weighted by Crippen LogP contribution is 2.49. The Labute approximate surface area is 120 Å². The average Bonchev–Trinajstić information content (AvgIpc) is 3.23. The van der Waals surface area contributed by atoms with Crippen LogP contribution in [0.5, 0.6) is 5.75 Å². The summed E-state index contributed by atoms with van der Waals surface area (Å²) in [7, 11) is 1.65. The molecule has 0 amide bonds. The second kappa shape index (κ2) is 4.99. The van der Waals surface area contributed by atoms with Gasteiger partial charge < -0.3 is 10.5 Å². The molecule has 2 aliphatic carbocycles. The molecule has 0 bridgehead atoms. The first kappa shape index (κ1) is 13.3. The number of hydrogen-bond acceptors (Lipinski definition) is 2. The second-order valence-corrected chi connectivity index (χ2v) is 6.61. The molecule has 104 valence electrons. The molecule has 2 unspecified atom stereocenters. The fourth-order valence-corrected chi connectivity index (χ4v) is 3.75. The molecule has 2 atom stereocenters. The topological polar surface area (TPSA) is 35.2 Å². The Morgan fingerprint density at radius 2 is 2.05 bits per heavy atom. The Bertz CT molecular complexity index is 472. The zero-order valence-electron chi connectivity index (χ0n) is 11.5. The van der Waals surface area contributed by atoms with Crippen LogP contribution in [0.2, 0.25) is 5.02 Å². The minimum atomic E-state index is -0.191. The van der Waals surface area contributed by atoms with Crippen molar-refractivity contribution in [3.8, 4) is 5.75 Å². The molecule has 0 saturated heterocycles. The van der Waals surface area contributed by atoms with Gasteiger partial charge in [-0.15, -0.1) is 0 Å². The van der Waals surface area contributed by atoms with Crippen LogP contribution < -0.4 is 10.5 Å². The Balaban J connectivity index is 1.86. The van der Waals surface area contributed by atoms with E-state index in [1.807, 2.05) is 12.1 Å². The normalized spacial score (nSPS) is 31.2. The maximum Gasteiger partial charge on any atom is 0.137 e. The summed E-state index contributed by atoms with van der Waals surface area (Å²) in [5, 5.41) is 0.657.